The van der Waals surface area contributed by atoms with Crippen molar-refractivity contribution in [3.8, 4) is 28.5 Å². The van der Waals surface area contributed by atoms with Crippen molar-refractivity contribution in [2.24, 2.45) is 11.8 Å². The van der Waals surface area contributed by atoms with E-state index in [2.05, 4.69) is 83.0 Å². The first kappa shape index (κ1) is 27.6. The molecule has 0 N–H and O–H groups in total. The van der Waals surface area contributed by atoms with Crippen molar-refractivity contribution in [3.63, 3.8) is 0 Å². The molecule has 3 heteroatoms. The van der Waals surface area contributed by atoms with Crippen molar-refractivity contribution >= 4 is 0 Å². The van der Waals surface area contributed by atoms with E-state index < -0.39 is 0 Å². The highest BCUT2D eigenvalue weighted by molar-refractivity contribution is 5.81. The summed E-state index contributed by atoms with van der Waals surface area (Å²) in [6.45, 7) is 13.2. The average molecular weight is 482 g/mol. The number of benzene rings is 2. The Labute approximate surface area is 219 Å². The highest BCUT2D eigenvalue weighted by atomic mass is 15.1. The quantitative estimate of drug-likeness (QED) is 0.260. The van der Waals surface area contributed by atoms with Gasteiger partial charge in [-0.25, -0.2) is 0 Å². The van der Waals surface area contributed by atoms with Crippen molar-refractivity contribution in [3.05, 3.63) is 77.0 Å². The largest absolute Gasteiger partial charge is 0.301 e. The summed E-state index contributed by atoms with van der Waals surface area (Å²) in [6, 6.07) is 21.0. The molecule has 190 valence electrons. The zero-order valence-corrected chi connectivity index (χ0v) is 23.1. The topological polar surface area (TPSA) is 39.9 Å². The zero-order valence-electron chi connectivity index (χ0n) is 23.1. The van der Waals surface area contributed by atoms with Crippen LogP contribution in [0.25, 0.3) is 22.4 Å². The fourth-order valence-electron chi connectivity index (χ4n) is 4.84. The van der Waals surface area contributed by atoms with Gasteiger partial charge in [0.2, 0.25) is 0 Å². The van der Waals surface area contributed by atoms with Crippen molar-refractivity contribution in [1.29, 1.82) is 5.26 Å². The third kappa shape index (κ3) is 7.77. The molecule has 2 aromatic carbocycles. The van der Waals surface area contributed by atoms with E-state index in [4.69, 9.17) is 4.98 Å². The molecule has 0 saturated carbocycles. The monoisotopic (exact) mass is 481 g/mol. The van der Waals surface area contributed by atoms with Crippen LogP contribution in [0.5, 0.6) is 0 Å². The van der Waals surface area contributed by atoms with Gasteiger partial charge in [0.15, 0.2) is 0 Å². The van der Waals surface area contributed by atoms with Gasteiger partial charge in [-0.05, 0) is 75.0 Å². The molecule has 0 spiro atoms. The van der Waals surface area contributed by atoms with Gasteiger partial charge in [-0.3, -0.25) is 4.98 Å². The van der Waals surface area contributed by atoms with E-state index >= 15 is 0 Å². The van der Waals surface area contributed by atoms with Crippen LogP contribution in [0.1, 0.15) is 75.3 Å². The molecule has 0 fully saturated rings. The number of rotatable bonds is 12. The van der Waals surface area contributed by atoms with E-state index in [0.717, 1.165) is 53.0 Å². The Balaban J connectivity index is 1.85. The van der Waals surface area contributed by atoms with Gasteiger partial charge < -0.3 is 4.90 Å². The Hall–Kier alpha value is -2.96. The van der Waals surface area contributed by atoms with Crippen LogP contribution in [0.15, 0.2) is 54.6 Å². The van der Waals surface area contributed by atoms with Crippen molar-refractivity contribution in [2.45, 2.75) is 73.3 Å². The number of pyridine rings is 1. The molecule has 0 saturated heterocycles. The van der Waals surface area contributed by atoms with Gasteiger partial charge in [0.25, 0.3) is 0 Å². The summed E-state index contributed by atoms with van der Waals surface area (Å²) >= 11 is 0. The molecule has 1 atom stereocenters. The third-order valence-corrected chi connectivity index (χ3v) is 7.16. The summed E-state index contributed by atoms with van der Waals surface area (Å²) in [6.07, 6.45) is 6.52. The normalized spacial score (nSPS) is 12.2. The second-order valence-corrected chi connectivity index (χ2v) is 10.9. The summed E-state index contributed by atoms with van der Waals surface area (Å²) in [5, 5.41) is 9.22. The van der Waals surface area contributed by atoms with Crippen LogP contribution in [0.3, 0.4) is 0 Å². The molecule has 1 unspecified atom stereocenters. The second kappa shape index (κ2) is 13.4. The summed E-state index contributed by atoms with van der Waals surface area (Å²) in [5.41, 5.74) is 8.60. The van der Waals surface area contributed by atoms with Gasteiger partial charge in [-0.15, -0.1) is 0 Å². The molecule has 3 nitrogen and oxygen atoms in total. The van der Waals surface area contributed by atoms with Crippen LogP contribution in [-0.4, -0.2) is 23.5 Å². The van der Waals surface area contributed by atoms with E-state index in [9.17, 15) is 5.26 Å². The number of nitrogens with zero attached hydrogens (tertiary/aromatic N) is 3. The fraction of sp³-hybridized carbons (Fsp3) is 0.455. The van der Waals surface area contributed by atoms with Crippen molar-refractivity contribution < 1.29 is 0 Å². The summed E-state index contributed by atoms with van der Waals surface area (Å²) < 4.78 is 0. The molecule has 0 amide bonds. The highest BCUT2D eigenvalue weighted by Crippen LogP contribution is 2.33. The SMILES string of the molecule is CCCC(CCC(C)C)CCN(C)Cc1nc(-c2ccc(C)cc2)c(-c2ccc(C#N)cc2)cc1C. The van der Waals surface area contributed by atoms with E-state index in [1.165, 1.54) is 43.2 Å². The van der Waals surface area contributed by atoms with Crippen LogP contribution >= 0.6 is 0 Å². The summed E-state index contributed by atoms with van der Waals surface area (Å²) in [5.74, 6) is 1.60. The van der Waals surface area contributed by atoms with Gasteiger partial charge in [-0.2, -0.15) is 5.26 Å². The molecular weight excluding hydrogens is 438 g/mol. The van der Waals surface area contributed by atoms with Gasteiger partial charge in [0.1, 0.15) is 0 Å². The predicted molar refractivity (Wildman–Crippen MR) is 153 cm³/mol. The van der Waals surface area contributed by atoms with Gasteiger partial charge in [-0.1, -0.05) is 88.4 Å². The minimum absolute atomic E-state index is 0.674. The maximum absolute atomic E-state index is 9.22. The number of hydrogen-bond acceptors (Lipinski definition) is 3. The third-order valence-electron chi connectivity index (χ3n) is 7.16. The zero-order chi connectivity index (χ0) is 26.1. The second-order valence-electron chi connectivity index (χ2n) is 10.9. The Morgan fingerprint density at radius 1 is 0.889 bits per heavy atom. The first-order valence-corrected chi connectivity index (χ1v) is 13.6. The Morgan fingerprint density at radius 3 is 2.17 bits per heavy atom. The maximum atomic E-state index is 9.22. The molecule has 36 heavy (non-hydrogen) atoms. The first-order valence-electron chi connectivity index (χ1n) is 13.6. The molecule has 1 aromatic heterocycles. The van der Waals surface area contributed by atoms with E-state index in [1.54, 1.807) is 0 Å². The number of nitriles is 1. The fourth-order valence-corrected chi connectivity index (χ4v) is 4.84. The lowest BCUT2D eigenvalue weighted by Gasteiger charge is -2.23. The van der Waals surface area contributed by atoms with E-state index in [0.29, 0.717) is 5.56 Å². The van der Waals surface area contributed by atoms with Crippen LogP contribution in [0.2, 0.25) is 0 Å². The number of hydrogen-bond donors (Lipinski definition) is 0. The van der Waals surface area contributed by atoms with E-state index in [-0.39, 0.29) is 0 Å². The highest BCUT2D eigenvalue weighted by Gasteiger charge is 2.16. The minimum atomic E-state index is 0.674. The van der Waals surface area contributed by atoms with Gasteiger partial charge in [0.05, 0.1) is 23.0 Å². The lowest BCUT2D eigenvalue weighted by atomic mass is 9.91. The minimum Gasteiger partial charge on any atom is -0.301 e. The lowest BCUT2D eigenvalue weighted by Crippen LogP contribution is -2.23. The van der Waals surface area contributed by atoms with Gasteiger partial charge in [0, 0.05) is 17.7 Å². The molecule has 0 aliphatic carbocycles. The maximum Gasteiger partial charge on any atom is 0.0991 e. The van der Waals surface area contributed by atoms with E-state index in [1.807, 2.05) is 24.3 Å². The molecule has 0 aliphatic heterocycles. The number of aryl methyl sites for hydroxylation is 2. The van der Waals surface area contributed by atoms with Crippen LogP contribution in [0, 0.1) is 37.0 Å². The molecule has 1 heterocycles. The molecule has 0 bridgehead atoms. The molecular formula is C33H43N3. The van der Waals surface area contributed by atoms with Crippen molar-refractivity contribution in [1.82, 2.24) is 9.88 Å². The standard InChI is InChI=1S/C33H43N3/c1-7-8-27(12-9-24(2)3)19-20-36(6)23-32-26(5)21-31(29-17-13-28(22-34)14-18-29)33(35-32)30-15-10-25(4)11-16-30/h10-11,13-18,21,24,27H,7-9,12,19-20,23H2,1-6H3. The molecule has 0 aliphatic rings. The Kier molecular flexibility index (Phi) is 10.3. The lowest BCUT2D eigenvalue weighted by molar-refractivity contribution is 0.270. The van der Waals surface area contributed by atoms with Crippen LogP contribution in [-0.2, 0) is 6.54 Å². The molecule has 3 rings (SSSR count). The first-order chi connectivity index (χ1) is 17.3. The van der Waals surface area contributed by atoms with Crippen molar-refractivity contribution in [2.75, 3.05) is 13.6 Å². The van der Waals surface area contributed by atoms with Crippen LogP contribution in [0.4, 0.5) is 0 Å². The summed E-state index contributed by atoms with van der Waals surface area (Å²) in [7, 11) is 2.23. The smallest absolute Gasteiger partial charge is 0.0991 e. The Morgan fingerprint density at radius 2 is 1.56 bits per heavy atom. The number of aromatic nitrogens is 1. The molecule has 3 aromatic rings. The molecule has 0 radical (unpaired) electrons. The summed E-state index contributed by atoms with van der Waals surface area (Å²) in [4.78, 5) is 7.69. The van der Waals surface area contributed by atoms with Gasteiger partial charge >= 0.3 is 0 Å². The predicted octanol–water partition coefficient (Wildman–Crippen LogP) is 8.58. The average Bonchev–Trinajstić information content (AvgIpc) is 2.87. The Bertz CT molecular complexity index is 1140. The van der Waals surface area contributed by atoms with Crippen LogP contribution < -0.4 is 0 Å².